The maximum atomic E-state index is 10.0. The molecule has 1 atom stereocenters. The summed E-state index contributed by atoms with van der Waals surface area (Å²) in [5.74, 6) is 0. The van der Waals surface area contributed by atoms with E-state index >= 15 is 0 Å². The Morgan fingerprint density at radius 2 is 1.71 bits per heavy atom. The molecule has 2 heteroatoms. The van der Waals surface area contributed by atoms with E-state index in [0.29, 0.717) is 0 Å². The predicted octanol–water partition coefficient (Wildman–Crippen LogP) is 5.14. The molecule has 21 heavy (non-hydrogen) atoms. The van der Waals surface area contributed by atoms with E-state index in [1.807, 2.05) is 18.2 Å². The molecule has 116 valence electrons. The van der Waals surface area contributed by atoms with Crippen molar-refractivity contribution in [3.8, 4) is 0 Å². The Hall–Kier alpha value is -1.12. The van der Waals surface area contributed by atoms with E-state index in [1.165, 1.54) is 11.1 Å². The van der Waals surface area contributed by atoms with Crippen LogP contribution in [0.4, 0.5) is 0 Å². The van der Waals surface area contributed by atoms with Crippen LogP contribution < -0.4 is 0 Å². The van der Waals surface area contributed by atoms with Gasteiger partial charge in [0.15, 0.2) is 0 Å². The fourth-order valence-corrected chi connectivity index (χ4v) is 3.66. The van der Waals surface area contributed by atoms with Crippen molar-refractivity contribution in [1.82, 2.24) is 0 Å². The molecule has 1 unspecified atom stereocenters. The number of allylic oxidation sites excluding steroid dienone is 3. The van der Waals surface area contributed by atoms with Crippen LogP contribution >= 0.6 is 0 Å². The molecule has 1 rings (SSSR count). The molecule has 0 saturated heterocycles. The molecule has 0 spiro atoms. The summed E-state index contributed by atoms with van der Waals surface area (Å²) in [4.78, 5) is 0. The highest BCUT2D eigenvalue weighted by Crippen LogP contribution is 2.20. The minimum Gasteiger partial charge on any atom is -0.392 e. The standard InChI is InChI=1S/C19H30OSi/c1-16(17(2)21(3,4)5)11-9-10-14-19(20)15-18-12-7-6-8-13-18/h6-10,12-13,19-20H,11,14-15H2,1-5H3/b10-9+,17-16+. The molecule has 0 aliphatic carbocycles. The average molecular weight is 303 g/mol. The Balaban J connectivity index is 2.41. The topological polar surface area (TPSA) is 20.2 Å². The zero-order valence-corrected chi connectivity index (χ0v) is 15.2. The molecule has 0 aliphatic heterocycles. The molecule has 1 nitrogen and oxygen atoms in total. The van der Waals surface area contributed by atoms with Crippen molar-refractivity contribution in [1.29, 1.82) is 0 Å². The minimum absolute atomic E-state index is 0.286. The summed E-state index contributed by atoms with van der Waals surface area (Å²) in [6, 6.07) is 10.2. The van der Waals surface area contributed by atoms with Crippen molar-refractivity contribution in [2.45, 2.75) is 58.9 Å². The van der Waals surface area contributed by atoms with E-state index in [4.69, 9.17) is 0 Å². The molecule has 0 radical (unpaired) electrons. The number of hydrogen-bond donors (Lipinski definition) is 1. The average Bonchev–Trinajstić information content (AvgIpc) is 2.42. The van der Waals surface area contributed by atoms with Gasteiger partial charge in [0.1, 0.15) is 0 Å². The van der Waals surface area contributed by atoms with Crippen LogP contribution in [0.5, 0.6) is 0 Å². The molecule has 1 aromatic rings. The van der Waals surface area contributed by atoms with Crippen molar-refractivity contribution < 1.29 is 5.11 Å². The Morgan fingerprint density at radius 1 is 1.10 bits per heavy atom. The van der Waals surface area contributed by atoms with Crippen LogP contribution in [0, 0.1) is 0 Å². The van der Waals surface area contributed by atoms with Crippen LogP contribution in [0.3, 0.4) is 0 Å². The van der Waals surface area contributed by atoms with Gasteiger partial charge in [-0.2, -0.15) is 0 Å². The van der Waals surface area contributed by atoms with Crippen molar-refractivity contribution in [3.05, 3.63) is 58.8 Å². The van der Waals surface area contributed by atoms with Crippen LogP contribution in [-0.2, 0) is 6.42 Å². The van der Waals surface area contributed by atoms with Crippen LogP contribution in [0.2, 0.25) is 19.6 Å². The lowest BCUT2D eigenvalue weighted by atomic mass is 10.1. The minimum atomic E-state index is -1.16. The summed E-state index contributed by atoms with van der Waals surface area (Å²) in [5.41, 5.74) is 2.69. The summed E-state index contributed by atoms with van der Waals surface area (Å²) >= 11 is 0. The molecule has 0 bridgehead atoms. The first-order valence-electron chi connectivity index (χ1n) is 7.84. The lowest BCUT2D eigenvalue weighted by Gasteiger charge is -2.20. The van der Waals surface area contributed by atoms with Gasteiger partial charge in [0.05, 0.1) is 14.2 Å². The number of aliphatic hydroxyl groups is 1. The first-order valence-corrected chi connectivity index (χ1v) is 11.3. The van der Waals surface area contributed by atoms with Crippen LogP contribution in [0.15, 0.2) is 53.3 Å². The zero-order valence-electron chi connectivity index (χ0n) is 14.2. The normalized spacial score (nSPS) is 15.1. The Labute approximate surface area is 131 Å². The van der Waals surface area contributed by atoms with Crippen LogP contribution in [0.1, 0.15) is 32.3 Å². The molecule has 1 aromatic carbocycles. The summed E-state index contributed by atoms with van der Waals surface area (Å²) in [6.07, 6.45) is 6.50. The highest BCUT2D eigenvalue weighted by Gasteiger charge is 2.16. The maximum Gasteiger partial charge on any atom is 0.0720 e. The highest BCUT2D eigenvalue weighted by molar-refractivity contribution is 6.83. The summed E-state index contributed by atoms with van der Waals surface area (Å²) in [5, 5.41) is 11.6. The van der Waals surface area contributed by atoms with Crippen molar-refractivity contribution in [2.75, 3.05) is 0 Å². The van der Waals surface area contributed by atoms with E-state index in [0.717, 1.165) is 19.3 Å². The van der Waals surface area contributed by atoms with Gasteiger partial charge in [-0.1, -0.05) is 72.9 Å². The quantitative estimate of drug-likeness (QED) is 0.546. The van der Waals surface area contributed by atoms with Gasteiger partial charge in [-0.15, -0.1) is 0 Å². The second-order valence-electron chi connectivity index (χ2n) is 6.91. The lowest BCUT2D eigenvalue weighted by Crippen LogP contribution is -2.23. The number of benzene rings is 1. The third kappa shape index (κ3) is 6.92. The van der Waals surface area contributed by atoms with Gasteiger partial charge >= 0.3 is 0 Å². The van der Waals surface area contributed by atoms with Crippen molar-refractivity contribution in [3.63, 3.8) is 0 Å². The van der Waals surface area contributed by atoms with E-state index in [1.54, 1.807) is 5.20 Å². The Bertz CT molecular complexity index is 480. The van der Waals surface area contributed by atoms with Gasteiger partial charge in [-0.25, -0.2) is 0 Å². The van der Waals surface area contributed by atoms with Gasteiger partial charge in [-0.3, -0.25) is 0 Å². The monoisotopic (exact) mass is 302 g/mol. The second-order valence-corrected chi connectivity index (χ2v) is 12.2. The van der Waals surface area contributed by atoms with E-state index in [2.05, 4.69) is 57.8 Å². The summed E-state index contributed by atoms with van der Waals surface area (Å²) < 4.78 is 0. The maximum absolute atomic E-state index is 10.0. The SMILES string of the molecule is C/C(C/C=C/CC(O)Cc1ccccc1)=C(/C)[Si](C)(C)C. The first kappa shape index (κ1) is 17.9. The molecule has 0 fully saturated rings. The molecular weight excluding hydrogens is 272 g/mol. The van der Waals surface area contributed by atoms with Crippen LogP contribution in [-0.4, -0.2) is 19.3 Å². The molecule has 0 aliphatic rings. The second kappa shape index (κ2) is 8.35. The smallest absolute Gasteiger partial charge is 0.0720 e. The lowest BCUT2D eigenvalue weighted by molar-refractivity contribution is 0.178. The van der Waals surface area contributed by atoms with E-state index in [9.17, 15) is 5.11 Å². The van der Waals surface area contributed by atoms with Crippen molar-refractivity contribution >= 4 is 8.07 Å². The third-order valence-corrected chi connectivity index (χ3v) is 6.75. The van der Waals surface area contributed by atoms with Gasteiger partial charge in [-0.05, 0) is 38.7 Å². The molecule has 0 saturated carbocycles. The Kier molecular flexibility index (Phi) is 7.13. The zero-order chi connectivity index (χ0) is 15.9. The molecule has 0 amide bonds. The summed E-state index contributed by atoms with van der Waals surface area (Å²) in [6.45, 7) is 11.7. The number of aliphatic hydroxyl groups excluding tert-OH is 1. The van der Waals surface area contributed by atoms with E-state index < -0.39 is 8.07 Å². The fraction of sp³-hybridized carbons (Fsp3) is 0.474. The third-order valence-electron chi connectivity index (χ3n) is 4.08. The fourth-order valence-electron chi connectivity index (χ4n) is 2.28. The van der Waals surface area contributed by atoms with Crippen LogP contribution in [0.25, 0.3) is 0 Å². The highest BCUT2D eigenvalue weighted by atomic mass is 28.3. The van der Waals surface area contributed by atoms with Gasteiger partial charge in [0.25, 0.3) is 0 Å². The van der Waals surface area contributed by atoms with Gasteiger partial charge < -0.3 is 5.11 Å². The Morgan fingerprint density at radius 3 is 2.29 bits per heavy atom. The largest absolute Gasteiger partial charge is 0.392 e. The molecule has 1 N–H and O–H groups in total. The number of hydrogen-bond acceptors (Lipinski definition) is 1. The first-order chi connectivity index (χ1) is 9.80. The predicted molar refractivity (Wildman–Crippen MR) is 96.2 cm³/mol. The molecular formula is C19H30OSi. The summed E-state index contributed by atoms with van der Waals surface area (Å²) in [7, 11) is -1.16. The van der Waals surface area contributed by atoms with E-state index in [-0.39, 0.29) is 6.10 Å². The van der Waals surface area contributed by atoms with Gasteiger partial charge in [0.2, 0.25) is 0 Å². The molecule has 0 aromatic heterocycles. The van der Waals surface area contributed by atoms with Gasteiger partial charge in [0, 0.05) is 0 Å². The number of rotatable bonds is 7. The molecule has 0 heterocycles. The van der Waals surface area contributed by atoms with Crippen molar-refractivity contribution in [2.24, 2.45) is 0 Å².